The Hall–Kier alpha value is -3.80. The second-order valence-electron chi connectivity index (χ2n) is 9.12. The number of carbonyl (C=O) groups excluding carboxylic acids is 2. The molecule has 3 aromatic carbocycles. The lowest BCUT2D eigenvalue weighted by Gasteiger charge is -2.20. The lowest BCUT2D eigenvalue weighted by molar-refractivity contribution is -0.114. The van der Waals surface area contributed by atoms with Crippen LogP contribution in [-0.2, 0) is 11.2 Å². The van der Waals surface area contributed by atoms with Gasteiger partial charge in [0.25, 0.3) is 5.91 Å². The van der Waals surface area contributed by atoms with Gasteiger partial charge in [-0.25, -0.2) is 0 Å². The van der Waals surface area contributed by atoms with E-state index in [2.05, 4.69) is 28.1 Å². The Morgan fingerprint density at radius 3 is 2.24 bits per heavy atom. The Labute approximate surface area is 201 Å². The van der Waals surface area contributed by atoms with Gasteiger partial charge in [-0.2, -0.15) is 0 Å². The lowest BCUT2D eigenvalue weighted by atomic mass is 10.1. The summed E-state index contributed by atoms with van der Waals surface area (Å²) < 4.78 is 5.95. The van der Waals surface area contributed by atoms with E-state index in [4.69, 9.17) is 4.74 Å². The third-order valence-electron chi connectivity index (χ3n) is 4.96. The topological polar surface area (TPSA) is 79.5 Å². The standard InChI is InChI=1S/C28H33N3O3/c1-28(2,3)31-27(33)22-15-17-23(18-16-22)30-26(32)20-29-24-13-7-8-14-25(24)34-19-9-12-21-10-5-4-6-11-21/h4-8,10-11,13-18,29H,9,12,19-20H2,1-3H3,(H,30,32)(H,31,33). The first-order valence-corrected chi connectivity index (χ1v) is 11.5. The van der Waals surface area contributed by atoms with Crippen LogP contribution in [0.25, 0.3) is 0 Å². The van der Waals surface area contributed by atoms with Gasteiger partial charge in [-0.3, -0.25) is 9.59 Å². The molecule has 6 nitrogen and oxygen atoms in total. The Bertz CT molecular complexity index is 1070. The van der Waals surface area contributed by atoms with E-state index in [1.165, 1.54) is 5.56 Å². The number of para-hydroxylation sites is 2. The molecule has 0 aromatic heterocycles. The van der Waals surface area contributed by atoms with Crippen molar-refractivity contribution in [2.45, 2.75) is 39.2 Å². The largest absolute Gasteiger partial charge is 0.491 e. The number of anilines is 2. The smallest absolute Gasteiger partial charge is 0.251 e. The zero-order valence-electron chi connectivity index (χ0n) is 20.1. The molecule has 0 fully saturated rings. The summed E-state index contributed by atoms with van der Waals surface area (Å²) in [5.74, 6) is 0.385. The van der Waals surface area contributed by atoms with E-state index in [1.54, 1.807) is 24.3 Å². The molecule has 0 aliphatic carbocycles. The molecule has 0 aliphatic rings. The molecule has 3 N–H and O–H groups in total. The van der Waals surface area contributed by atoms with Crippen molar-refractivity contribution >= 4 is 23.2 Å². The first-order chi connectivity index (χ1) is 16.3. The number of benzene rings is 3. The fourth-order valence-corrected chi connectivity index (χ4v) is 3.34. The van der Waals surface area contributed by atoms with Crippen molar-refractivity contribution in [3.05, 3.63) is 90.0 Å². The second kappa shape index (κ2) is 11.9. The van der Waals surface area contributed by atoms with E-state index < -0.39 is 0 Å². The minimum absolute atomic E-state index is 0.0939. The van der Waals surface area contributed by atoms with Gasteiger partial charge in [0.2, 0.25) is 5.91 Å². The van der Waals surface area contributed by atoms with Gasteiger partial charge >= 0.3 is 0 Å². The number of rotatable bonds is 10. The van der Waals surface area contributed by atoms with Gasteiger partial charge in [0.05, 0.1) is 18.8 Å². The number of hydrogen-bond donors (Lipinski definition) is 3. The van der Waals surface area contributed by atoms with Crippen molar-refractivity contribution < 1.29 is 14.3 Å². The summed E-state index contributed by atoms with van der Waals surface area (Å²) in [7, 11) is 0. The van der Waals surface area contributed by atoms with Crippen LogP contribution < -0.4 is 20.7 Å². The van der Waals surface area contributed by atoms with Crippen LogP contribution in [0.1, 0.15) is 43.1 Å². The Morgan fingerprint density at radius 2 is 1.53 bits per heavy atom. The molecular weight excluding hydrogens is 426 g/mol. The SMILES string of the molecule is CC(C)(C)NC(=O)c1ccc(NC(=O)CNc2ccccc2OCCCc2ccccc2)cc1. The molecule has 0 aliphatic heterocycles. The van der Waals surface area contributed by atoms with E-state index in [0.717, 1.165) is 24.3 Å². The molecule has 2 amide bonds. The average molecular weight is 460 g/mol. The molecule has 0 atom stereocenters. The zero-order valence-corrected chi connectivity index (χ0v) is 20.1. The predicted molar refractivity (Wildman–Crippen MR) is 137 cm³/mol. The van der Waals surface area contributed by atoms with E-state index in [1.807, 2.05) is 63.2 Å². The maximum Gasteiger partial charge on any atom is 0.251 e. The van der Waals surface area contributed by atoms with E-state index in [0.29, 0.717) is 17.9 Å². The van der Waals surface area contributed by atoms with E-state index in [9.17, 15) is 9.59 Å². The Balaban J connectivity index is 1.46. The van der Waals surface area contributed by atoms with Crippen LogP contribution in [0.15, 0.2) is 78.9 Å². The number of ether oxygens (including phenoxy) is 1. The number of nitrogens with one attached hydrogen (secondary N) is 3. The summed E-state index contributed by atoms with van der Waals surface area (Å²) in [6, 6.07) is 24.8. The molecule has 3 rings (SSSR count). The molecule has 0 saturated heterocycles. The van der Waals surface area contributed by atoms with Crippen molar-refractivity contribution in [2.75, 3.05) is 23.8 Å². The maximum atomic E-state index is 12.4. The fourth-order valence-electron chi connectivity index (χ4n) is 3.34. The highest BCUT2D eigenvalue weighted by Gasteiger charge is 2.15. The zero-order chi connectivity index (χ0) is 24.4. The number of hydrogen-bond acceptors (Lipinski definition) is 4. The van der Waals surface area contributed by atoms with Crippen molar-refractivity contribution in [3.8, 4) is 5.75 Å². The fraction of sp³-hybridized carbons (Fsp3) is 0.286. The van der Waals surface area contributed by atoms with E-state index in [-0.39, 0.29) is 23.9 Å². The van der Waals surface area contributed by atoms with Gasteiger partial charge in [0, 0.05) is 16.8 Å². The van der Waals surface area contributed by atoms with Crippen molar-refractivity contribution in [3.63, 3.8) is 0 Å². The molecule has 0 bridgehead atoms. The summed E-state index contributed by atoms with van der Waals surface area (Å²) in [4.78, 5) is 24.7. The molecular formula is C28H33N3O3. The molecule has 3 aromatic rings. The second-order valence-corrected chi connectivity index (χ2v) is 9.12. The molecule has 0 saturated carbocycles. The quantitative estimate of drug-likeness (QED) is 0.361. The third kappa shape index (κ3) is 8.28. The molecule has 0 radical (unpaired) electrons. The van der Waals surface area contributed by atoms with Crippen LogP contribution in [0, 0.1) is 0 Å². The van der Waals surface area contributed by atoms with E-state index >= 15 is 0 Å². The molecule has 0 spiro atoms. The van der Waals surface area contributed by atoms with Gasteiger partial charge in [-0.1, -0.05) is 42.5 Å². The summed E-state index contributed by atoms with van der Waals surface area (Å²) in [5, 5.41) is 8.91. The van der Waals surface area contributed by atoms with Crippen molar-refractivity contribution in [1.82, 2.24) is 5.32 Å². The summed E-state index contributed by atoms with van der Waals surface area (Å²) >= 11 is 0. The Kier molecular flexibility index (Phi) is 8.68. The average Bonchev–Trinajstić information content (AvgIpc) is 2.81. The molecule has 6 heteroatoms. The molecule has 34 heavy (non-hydrogen) atoms. The Morgan fingerprint density at radius 1 is 0.853 bits per heavy atom. The summed E-state index contributed by atoms with van der Waals surface area (Å²) in [5.41, 5.74) is 2.93. The minimum atomic E-state index is -0.308. The minimum Gasteiger partial charge on any atom is -0.491 e. The highest BCUT2D eigenvalue weighted by molar-refractivity contribution is 5.97. The monoisotopic (exact) mass is 459 g/mol. The van der Waals surface area contributed by atoms with Crippen LogP contribution in [-0.4, -0.2) is 30.5 Å². The highest BCUT2D eigenvalue weighted by atomic mass is 16.5. The van der Waals surface area contributed by atoms with Gasteiger partial charge in [-0.05, 0) is 75.6 Å². The van der Waals surface area contributed by atoms with Crippen LogP contribution in [0.2, 0.25) is 0 Å². The number of carbonyl (C=O) groups is 2. The number of aryl methyl sites for hydroxylation is 1. The van der Waals surface area contributed by atoms with Crippen LogP contribution in [0.3, 0.4) is 0 Å². The van der Waals surface area contributed by atoms with Crippen LogP contribution >= 0.6 is 0 Å². The molecule has 0 heterocycles. The third-order valence-corrected chi connectivity index (χ3v) is 4.96. The predicted octanol–water partition coefficient (Wildman–Crippen LogP) is 5.28. The van der Waals surface area contributed by atoms with Gasteiger partial charge in [0.15, 0.2) is 0 Å². The van der Waals surface area contributed by atoms with Gasteiger partial charge < -0.3 is 20.7 Å². The first-order valence-electron chi connectivity index (χ1n) is 11.5. The van der Waals surface area contributed by atoms with Crippen LogP contribution in [0.5, 0.6) is 5.75 Å². The maximum absolute atomic E-state index is 12.4. The normalized spacial score (nSPS) is 10.9. The van der Waals surface area contributed by atoms with Crippen molar-refractivity contribution in [2.24, 2.45) is 0 Å². The molecule has 0 unspecified atom stereocenters. The first kappa shape index (κ1) is 24.8. The lowest BCUT2D eigenvalue weighted by Crippen LogP contribution is -2.40. The summed E-state index contributed by atoms with van der Waals surface area (Å²) in [6.07, 6.45) is 1.86. The van der Waals surface area contributed by atoms with Crippen LogP contribution in [0.4, 0.5) is 11.4 Å². The van der Waals surface area contributed by atoms with Gasteiger partial charge in [-0.15, -0.1) is 0 Å². The number of amides is 2. The highest BCUT2D eigenvalue weighted by Crippen LogP contribution is 2.24. The summed E-state index contributed by atoms with van der Waals surface area (Å²) in [6.45, 7) is 6.48. The molecule has 178 valence electrons. The van der Waals surface area contributed by atoms with Crippen molar-refractivity contribution in [1.29, 1.82) is 0 Å². The van der Waals surface area contributed by atoms with Gasteiger partial charge in [0.1, 0.15) is 5.75 Å².